The van der Waals surface area contributed by atoms with Crippen molar-refractivity contribution in [2.75, 3.05) is 37.5 Å². The lowest BCUT2D eigenvalue weighted by molar-refractivity contribution is -0.385. The summed E-state index contributed by atoms with van der Waals surface area (Å²) < 4.78 is 11.6. The number of ether oxygens (including phenoxy) is 2. The van der Waals surface area contributed by atoms with Gasteiger partial charge in [0, 0.05) is 26.3 Å². The third-order valence-electron chi connectivity index (χ3n) is 5.11. The van der Waals surface area contributed by atoms with Crippen LogP contribution >= 0.6 is 0 Å². The fourth-order valence-electron chi connectivity index (χ4n) is 3.44. The van der Waals surface area contributed by atoms with Gasteiger partial charge in [0.15, 0.2) is 18.0 Å². The van der Waals surface area contributed by atoms with Crippen LogP contribution in [0.2, 0.25) is 0 Å². The fourth-order valence-corrected chi connectivity index (χ4v) is 3.44. The molecule has 0 atom stereocenters. The van der Waals surface area contributed by atoms with Gasteiger partial charge in [-0.2, -0.15) is 0 Å². The van der Waals surface area contributed by atoms with Crippen LogP contribution in [0.25, 0.3) is 0 Å². The zero-order valence-corrected chi connectivity index (χ0v) is 19.0. The standard InChI is InChI=1S/C23H25N5O7/c1-34-13-7-12-26(19(29)15-35-18-11-6-5-10-17(18)28(32)33)20-21(24)27(23(31)25-22(20)30)14-16-8-3-2-4-9-16/h2-6,8-11H,7,12-15,24H2,1H3,(H,25,30,31). The summed E-state index contributed by atoms with van der Waals surface area (Å²) >= 11 is 0. The van der Waals surface area contributed by atoms with Crippen LogP contribution in [0.5, 0.6) is 5.75 Å². The first kappa shape index (κ1) is 25.2. The monoisotopic (exact) mass is 483 g/mol. The Morgan fingerprint density at radius 2 is 1.83 bits per heavy atom. The third-order valence-corrected chi connectivity index (χ3v) is 5.11. The molecule has 3 N–H and O–H groups in total. The number of para-hydroxylation sites is 2. The number of methoxy groups -OCH3 is 1. The number of aromatic nitrogens is 2. The highest BCUT2D eigenvalue weighted by Crippen LogP contribution is 2.26. The summed E-state index contributed by atoms with van der Waals surface area (Å²) in [6, 6.07) is 14.6. The highest BCUT2D eigenvalue weighted by Gasteiger charge is 2.25. The average molecular weight is 483 g/mol. The van der Waals surface area contributed by atoms with Gasteiger partial charge < -0.3 is 20.1 Å². The molecule has 12 heteroatoms. The molecule has 12 nitrogen and oxygen atoms in total. The first-order valence-corrected chi connectivity index (χ1v) is 10.7. The molecule has 3 aromatic rings. The second-order valence-corrected chi connectivity index (χ2v) is 7.47. The van der Waals surface area contributed by atoms with Gasteiger partial charge in [0.25, 0.3) is 11.5 Å². The smallest absolute Gasteiger partial charge is 0.330 e. The van der Waals surface area contributed by atoms with Gasteiger partial charge >= 0.3 is 11.4 Å². The van der Waals surface area contributed by atoms with Crippen molar-refractivity contribution in [2.45, 2.75) is 13.0 Å². The van der Waals surface area contributed by atoms with Crippen LogP contribution < -0.4 is 26.6 Å². The average Bonchev–Trinajstić information content (AvgIpc) is 2.85. The maximum atomic E-state index is 13.1. The number of hydrogen-bond acceptors (Lipinski definition) is 8. The van der Waals surface area contributed by atoms with Gasteiger partial charge in [0.2, 0.25) is 0 Å². The number of anilines is 2. The molecule has 0 bridgehead atoms. The molecule has 1 heterocycles. The summed E-state index contributed by atoms with van der Waals surface area (Å²) in [5.41, 5.74) is 4.91. The van der Waals surface area contributed by atoms with E-state index in [1.165, 1.54) is 31.4 Å². The molecule has 35 heavy (non-hydrogen) atoms. The summed E-state index contributed by atoms with van der Waals surface area (Å²) in [4.78, 5) is 52.3. The van der Waals surface area contributed by atoms with Gasteiger partial charge in [-0.3, -0.25) is 29.3 Å². The van der Waals surface area contributed by atoms with Crippen LogP contribution in [-0.2, 0) is 16.1 Å². The fraction of sp³-hybridized carbons (Fsp3) is 0.261. The van der Waals surface area contributed by atoms with E-state index in [0.29, 0.717) is 6.42 Å². The number of hydrogen-bond donors (Lipinski definition) is 2. The Hall–Kier alpha value is -4.45. The number of nitrogens with two attached hydrogens (primary N) is 1. The maximum Gasteiger partial charge on any atom is 0.330 e. The molecule has 0 radical (unpaired) electrons. The predicted octanol–water partition coefficient (Wildman–Crippen LogP) is 1.52. The van der Waals surface area contributed by atoms with E-state index < -0.39 is 28.7 Å². The number of nitrogen functional groups attached to an aromatic ring is 1. The lowest BCUT2D eigenvalue weighted by Gasteiger charge is -2.24. The Morgan fingerprint density at radius 3 is 2.51 bits per heavy atom. The van der Waals surface area contributed by atoms with E-state index in [9.17, 15) is 24.5 Å². The van der Waals surface area contributed by atoms with Crippen LogP contribution in [-0.4, -0.2) is 47.2 Å². The number of carbonyl (C=O) groups is 1. The van der Waals surface area contributed by atoms with E-state index in [4.69, 9.17) is 15.2 Å². The first-order chi connectivity index (χ1) is 16.8. The van der Waals surface area contributed by atoms with Gasteiger partial charge in [-0.25, -0.2) is 4.79 Å². The Balaban J connectivity index is 1.95. The summed E-state index contributed by atoms with van der Waals surface area (Å²) in [6.07, 6.45) is 0.352. The van der Waals surface area contributed by atoms with Gasteiger partial charge in [-0.1, -0.05) is 42.5 Å². The molecule has 0 unspecified atom stereocenters. The van der Waals surface area contributed by atoms with Crippen LogP contribution in [0.3, 0.4) is 0 Å². The normalized spacial score (nSPS) is 10.7. The van der Waals surface area contributed by atoms with Crippen molar-refractivity contribution in [2.24, 2.45) is 0 Å². The zero-order valence-electron chi connectivity index (χ0n) is 19.0. The number of amides is 1. The zero-order chi connectivity index (χ0) is 25.4. The minimum Gasteiger partial charge on any atom is -0.477 e. The number of rotatable bonds is 11. The van der Waals surface area contributed by atoms with Crippen molar-refractivity contribution >= 4 is 23.1 Å². The Bertz CT molecular complexity index is 1300. The number of nitrogens with one attached hydrogen (secondary N) is 1. The summed E-state index contributed by atoms with van der Waals surface area (Å²) in [7, 11) is 1.49. The Kier molecular flexibility index (Phi) is 8.35. The van der Waals surface area contributed by atoms with Gasteiger partial charge in [0.1, 0.15) is 5.82 Å². The van der Waals surface area contributed by atoms with Crippen LogP contribution in [0.15, 0.2) is 64.2 Å². The Morgan fingerprint density at radius 1 is 1.14 bits per heavy atom. The molecule has 1 aromatic heterocycles. The van der Waals surface area contributed by atoms with Gasteiger partial charge in [0.05, 0.1) is 11.5 Å². The summed E-state index contributed by atoms with van der Waals surface area (Å²) in [6.45, 7) is -0.212. The Labute approximate surface area is 199 Å². The van der Waals surface area contributed by atoms with Crippen molar-refractivity contribution < 1.29 is 19.2 Å². The minimum atomic E-state index is -0.840. The number of H-pyrrole nitrogens is 1. The van der Waals surface area contributed by atoms with Crippen molar-refractivity contribution in [1.29, 1.82) is 0 Å². The molecule has 3 rings (SSSR count). The molecule has 0 saturated heterocycles. The second-order valence-electron chi connectivity index (χ2n) is 7.47. The molecular weight excluding hydrogens is 458 g/mol. The molecule has 0 aliphatic rings. The highest BCUT2D eigenvalue weighted by atomic mass is 16.6. The second kappa shape index (κ2) is 11.6. The summed E-state index contributed by atoms with van der Waals surface area (Å²) in [5.74, 6) is -0.973. The first-order valence-electron chi connectivity index (χ1n) is 10.7. The lowest BCUT2D eigenvalue weighted by Crippen LogP contribution is -2.43. The van der Waals surface area contributed by atoms with Gasteiger partial charge in [-0.15, -0.1) is 0 Å². The SMILES string of the molecule is COCCCN(C(=O)COc1ccccc1[N+](=O)[O-])c1c(N)n(Cc2ccccc2)c(=O)[nH]c1=O. The largest absolute Gasteiger partial charge is 0.477 e. The van der Waals surface area contributed by atoms with Crippen molar-refractivity contribution in [1.82, 2.24) is 9.55 Å². The number of carbonyl (C=O) groups excluding carboxylic acids is 1. The molecule has 1 amide bonds. The van der Waals surface area contributed by atoms with E-state index >= 15 is 0 Å². The summed E-state index contributed by atoms with van der Waals surface area (Å²) in [5, 5.41) is 11.2. The molecule has 2 aromatic carbocycles. The van der Waals surface area contributed by atoms with E-state index in [2.05, 4.69) is 4.98 Å². The number of nitrogens with zero attached hydrogens (tertiary/aromatic N) is 3. The molecule has 184 valence electrons. The predicted molar refractivity (Wildman–Crippen MR) is 129 cm³/mol. The van der Waals surface area contributed by atoms with Gasteiger partial charge in [-0.05, 0) is 18.1 Å². The molecule has 0 aliphatic carbocycles. The topological polar surface area (TPSA) is 163 Å². The van der Waals surface area contributed by atoms with E-state index in [-0.39, 0.29) is 42.6 Å². The van der Waals surface area contributed by atoms with Crippen molar-refractivity contribution in [3.05, 3.63) is 91.1 Å². The van der Waals surface area contributed by atoms with E-state index in [1.807, 2.05) is 6.07 Å². The number of nitro groups is 1. The van der Waals surface area contributed by atoms with Crippen LogP contribution in [0.1, 0.15) is 12.0 Å². The number of nitro benzene ring substituents is 1. The third kappa shape index (κ3) is 6.12. The minimum absolute atomic E-state index is 0.0315. The highest BCUT2D eigenvalue weighted by molar-refractivity contribution is 5.96. The van der Waals surface area contributed by atoms with Crippen LogP contribution in [0, 0.1) is 10.1 Å². The molecule has 0 spiro atoms. The van der Waals surface area contributed by atoms with Crippen molar-refractivity contribution in [3.8, 4) is 5.75 Å². The number of aromatic amines is 1. The van der Waals surface area contributed by atoms with E-state index in [1.54, 1.807) is 24.3 Å². The maximum absolute atomic E-state index is 13.1. The lowest BCUT2D eigenvalue weighted by atomic mass is 10.2. The molecular formula is C23H25N5O7. The van der Waals surface area contributed by atoms with Crippen molar-refractivity contribution in [3.63, 3.8) is 0 Å². The quantitative estimate of drug-likeness (QED) is 0.236. The molecule has 0 aliphatic heterocycles. The molecule has 0 saturated carbocycles. The number of benzene rings is 2. The van der Waals surface area contributed by atoms with E-state index in [0.717, 1.165) is 15.0 Å². The molecule has 0 fully saturated rings. The van der Waals surface area contributed by atoms with Crippen LogP contribution in [0.4, 0.5) is 17.2 Å².